The first-order chi connectivity index (χ1) is 9.82. The molecule has 0 bridgehead atoms. The molecule has 2 aromatic carbocycles. The van der Waals surface area contributed by atoms with Gasteiger partial charge in [-0.05, 0) is 29.8 Å². The summed E-state index contributed by atoms with van der Waals surface area (Å²) in [6.07, 6.45) is 0. The number of sulfonamides is 1. The maximum atomic E-state index is 13.8. The molecule has 21 heavy (non-hydrogen) atoms. The summed E-state index contributed by atoms with van der Waals surface area (Å²) < 4.78 is 40.5. The SMILES string of the molecule is CN(Cc1ccccc1Br)S(=O)(=O)c1ccc(N)cc1F. The molecule has 0 spiro atoms. The Bertz CT molecular complexity index is 765. The van der Waals surface area contributed by atoms with E-state index in [-0.39, 0.29) is 17.1 Å². The van der Waals surface area contributed by atoms with Crippen molar-refractivity contribution in [1.29, 1.82) is 0 Å². The molecule has 0 fully saturated rings. The van der Waals surface area contributed by atoms with Crippen molar-refractivity contribution >= 4 is 31.6 Å². The lowest BCUT2D eigenvalue weighted by Crippen LogP contribution is -2.27. The average molecular weight is 373 g/mol. The van der Waals surface area contributed by atoms with Crippen molar-refractivity contribution in [3.63, 3.8) is 0 Å². The van der Waals surface area contributed by atoms with Crippen LogP contribution in [-0.4, -0.2) is 19.8 Å². The Labute approximate surface area is 131 Å². The molecule has 0 radical (unpaired) electrons. The summed E-state index contributed by atoms with van der Waals surface area (Å²) in [6.45, 7) is 0.133. The van der Waals surface area contributed by atoms with Gasteiger partial charge in [-0.2, -0.15) is 4.31 Å². The van der Waals surface area contributed by atoms with E-state index in [1.807, 2.05) is 18.2 Å². The van der Waals surface area contributed by atoms with Crippen molar-refractivity contribution in [2.75, 3.05) is 12.8 Å². The van der Waals surface area contributed by atoms with Gasteiger partial charge in [0.2, 0.25) is 10.0 Å². The molecule has 0 atom stereocenters. The molecule has 2 N–H and O–H groups in total. The maximum Gasteiger partial charge on any atom is 0.246 e. The Balaban J connectivity index is 2.33. The number of rotatable bonds is 4. The van der Waals surface area contributed by atoms with Gasteiger partial charge in [0.05, 0.1) is 0 Å². The number of nitrogens with two attached hydrogens (primary N) is 1. The Morgan fingerprint density at radius 3 is 2.52 bits per heavy atom. The predicted octanol–water partition coefficient (Wildman–Crippen LogP) is 2.99. The molecule has 0 aliphatic rings. The zero-order chi connectivity index (χ0) is 15.6. The molecule has 0 unspecified atom stereocenters. The van der Waals surface area contributed by atoms with E-state index in [1.165, 1.54) is 19.2 Å². The highest BCUT2D eigenvalue weighted by atomic mass is 79.9. The fraction of sp³-hybridized carbons (Fsp3) is 0.143. The van der Waals surface area contributed by atoms with E-state index in [0.29, 0.717) is 0 Å². The molecular weight excluding hydrogens is 359 g/mol. The molecule has 0 saturated carbocycles. The minimum atomic E-state index is -3.92. The van der Waals surface area contributed by atoms with Crippen LogP contribution in [0.3, 0.4) is 0 Å². The van der Waals surface area contributed by atoms with Gasteiger partial charge >= 0.3 is 0 Å². The topological polar surface area (TPSA) is 63.4 Å². The van der Waals surface area contributed by atoms with E-state index >= 15 is 0 Å². The number of halogens is 2. The summed E-state index contributed by atoms with van der Waals surface area (Å²) in [7, 11) is -2.51. The Kier molecular flexibility index (Phi) is 4.65. The van der Waals surface area contributed by atoms with Crippen molar-refractivity contribution in [3.8, 4) is 0 Å². The van der Waals surface area contributed by atoms with E-state index in [4.69, 9.17) is 5.73 Å². The molecule has 0 aromatic heterocycles. The quantitative estimate of drug-likeness (QED) is 0.839. The first kappa shape index (κ1) is 15.9. The van der Waals surface area contributed by atoms with Gasteiger partial charge in [0.15, 0.2) is 0 Å². The van der Waals surface area contributed by atoms with Crippen molar-refractivity contribution < 1.29 is 12.8 Å². The molecule has 2 aromatic rings. The second kappa shape index (κ2) is 6.13. The van der Waals surface area contributed by atoms with Gasteiger partial charge < -0.3 is 5.73 Å². The third-order valence-electron chi connectivity index (χ3n) is 3.00. The van der Waals surface area contributed by atoms with Crippen molar-refractivity contribution in [1.82, 2.24) is 4.31 Å². The first-order valence-corrected chi connectivity index (χ1v) is 8.30. The Morgan fingerprint density at radius 1 is 1.24 bits per heavy atom. The largest absolute Gasteiger partial charge is 0.399 e. The van der Waals surface area contributed by atoms with Crippen LogP contribution in [-0.2, 0) is 16.6 Å². The Morgan fingerprint density at radius 2 is 1.90 bits per heavy atom. The summed E-state index contributed by atoms with van der Waals surface area (Å²) in [6, 6.07) is 10.8. The van der Waals surface area contributed by atoms with Crippen molar-refractivity contribution in [2.45, 2.75) is 11.4 Å². The molecule has 7 heteroatoms. The fourth-order valence-corrected chi connectivity index (χ4v) is 3.45. The third kappa shape index (κ3) is 3.42. The van der Waals surface area contributed by atoms with Gasteiger partial charge in [0.25, 0.3) is 0 Å². The van der Waals surface area contributed by atoms with Crippen molar-refractivity contribution in [3.05, 3.63) is 58.3 Å². The van der Waals surface area contributed by atoms with Crippen LogP contribution < -0.4 is 5.73 Å². The van der Waals surface area contributed by atoms with E-state index < -0.39 is 15.8 Å². The molecule has 0 heterocycles. The lowest BCUT2D eigenvalue weighted by Gasteiger charge is -2.18. The molecule has 4 nitrogen and oxygen atoms in total. The highest BCUT2D eigenvalue weighted by Gasteiger charge is 2.25. The van der Waals surface area contributed by atoms with Gasteiger partial charge in [0, 0.05) is 23.8 Å². The van der Waals surface area contributed by atoms with Crippen LogP contribution in [0.4, 0.5) is 10.1 Å². The summed E-state index contributed by atoms with van der Waals surface area (Å²) in [5.41, 5.74) is 6.41. The number of anilines is 1. The zero-order valence-corrected chi connectivity index (χ0v) is 13.7. The fourth-order valence-electron chi connectivity index (χ4n) is 1.85. The zero-order valence-electron chi connectivity index (χ0n) is 11.3. The van der Waals surface area contributed by atoms with Crippen LogP contribution in [0.5, 0.6) is 0 Å². The summed E-state index contributed by atoms with van der Waals surface area (Å²) in [4.78, 5) is -0.383. The van der Waals surface area contributed by atoms with Gasteiger partial charge in [-0.3, -0.25) is 0 Å². The first-order valence-electron chi connectivity index (χ1n) is 6.07. The third-order valence-corrected chi connectivity index (χ3v) is 5.61. The van der Waals surface area contributed by atoms with Crippen LogP contribution in [0.25, 0.3) is 0 Å². The number of benzene rings is 2. The maximum absolute atomic E-state index is 13.8. The summed E-state index contributed by atoms with van der Waals surface area (Å²) >= 11 is 3.36. The van der Waals surface area contributed by atoms with Gasteiger partial charge in [-0.15, -0.1) is 0 Å². The number of hydrogen-bond acceptors (Lipinski definition) is 3. The smallest absolute Gasteiger partial charge is 0.246 e. The standard InChI is InChI=1S/C14H14BrFN2O2S/c1-18(9-10-4-2-3-5-12(10)15)21(19,20)14-7-6-11(17)8-13(14)16/h2-8H,9,17H2,1H3. The van der Waals surface area contributed by atoms with Crippen LogP contribution in [0.2, 0.25) is 0 Å². The molecular formula is C14H14BrFN2O2S. The minimum absolute atomic E-state index is 0.133. The van der Waals surface area contributed by atoms with E-state index in [0.717, 1.165) is 20.4 Å². The summed E-state index contributed by atoms with van der Waals surface area (Å²) in [5.74, 6) is -0.853. The minimum Gasteiger partial charge on any atom is -0.399 e. The number of nitrogens with zero attached hydrogens (tertiary/aromatic N) is 1. The molecule has 0 aliphatic heterocycles. The number of hydrogen-bond donors (Lipinski definition) is 1. The lowest BCUT2D eigenvalue weighted by molar-refractivity contribution is 0.459. The molecule has 0 amide bonds. The van der Waals surface area contributed by atoms with Gasteiger partial charge in [-0.1, -0.05) is 34.1 Å². The van der Waals surface area contributed by atoms with E-state index in [9.17, 15) is 12.8 Å². The van der Waals surface area contributed by atoms with Gasteiger partial charge in [-0.25, -0.2) is 12.8 Å². The van der Waals surface area contributed by atoms with Crippen LogP contribution in [0.1, 0.15) is 5.56 Å². The normalized spacial score (nSPS) is 11.8. The van der Waals surface area contributed by atoms with Crippen molar-refractivity contribution in [2.24, 2.45) is 0 Å². The Hall–Kier alpha value is -1.44. The van der Waals surface area contributed by atoms with Crippen LogP contribution >= 0.6 is 15.9 Å². The highest BCUT2D eigenvalue weighted by molar-refractivity contribution is 9.10. The molecule has 2 rings (SSSR count). The van der Waals surface area contributed by atoms with Crippen LogP contribution in [0.15, 0.2) is 51.8 Å². The second-order valence-corrected chi connectivity index (χ2v) is 7.41. The number of nitrogen functional groups attached to an aromatic ring is 1. The summed E-state index contributed by atoms with van der Waals surface area (Å²) in [5, 5.41) is 0. The lowest BCUT2D eigenvalue weighted by atomic mass is 10.2. The van der Waals surface area contributed by atoms with Crippen LogP contribution in [0, 0.1) is 5.82 Å². The average Bonchev–Trinajstić information content (AvgIpc) is 2.40. The van der Waals surface area contributed by atoms with Gasteiger partial charge in [0.1, 0.15) is 10.7 Å². The second-order valence-electron chi connectivity index (χ2n) is 4.54. The monoisotopic (exact) mass is 372 g/mol. The molecule has 112 valence electrons. The molecule has 0 aliphatic carbocycles. The van der Waals surface area contributed by atoms with E-state index in [2.05, 4.69) is 15.9 Å². The highest BCUT2D eigenvalue weighted by Crippen LogP contribution is 2.24. The predicted molar refractivity (Wildman–Crippen MR) is 83.6 cm³/mol. The van der Waals surface area contributed by atoms with E-state index in [1.54, 1.807) is 6.07 Å². The molecule has 0 saturated heterocycles.